The van der Waals surface area contributed by atoms with Gasteiger partial charge in [-0.2, -0.15) is 13.2 Å². The summed E-state index contributed by atoms with van der Waals surface area (Å²) in [6, 6.07) is 4.93. The second kappa shape index (κ2) is 8.89. The molecule has 8 nitrogen and oxygen atoms in total. The van der Waals surface area contributed by atoms with Crippen LogP contribution >= 0.6 is 0 Å². The summed E-state index contributed by atoms with van der Waals surface area (Å²) in [5.41, 5.74) is -3.13. The molecule has 31 heavy (non-hydrogen) atoms. The van der Waals surface area contributed by atoms with Gasteiger partial charge in [0, 0.05) is 6.07 Å². The number of esters is 1. The Balaban J connectivity index is 2.00. The zero-order valence-electron chi connectivity index (χ0n) is 14.9. The molecule has 0 fully saturated rings. The number of carbonyl (C=O) groups excluding carboxylic acids is 2. The Bertz CT molecular complexity index is 988. The van der Waals surface area contributed by atoms with Gasteiger partial charge in [-0.15, -0.1) is 13.2 Å². The Hall–Kier alpha value is -3.84. The molecule has 0 saturated carbocycles. The van der Waals surface area contributed by atoms with Crippen LogP contribution in [-0.4, -0.2) is 29.8 Å². The lowest BCUT2D eigenvalue weighted by Crippen LogP contribution is -2.21. The van der Waals surface area contributed by atoms with Crippen molar-refractivity contribution in [3.8, 4) is 5.75 Å². The smallest absolute Gasteiger partial charge is 0.452 e. The standard InChI is InChI=1S/C17H10F6N2O6/c18-16(19,20)10-3-6-12(13(7-10)25(28)29)24-14(26)8-30-15(27)9-1-4-11(5-2-9)31-17(21,22)23/h1-7H,8H2,(H,24,26). The highest BCUT2D eigenvalue weighted by atomic mass is 19.4. The summed E-state index contributed by atoms with van der Waals surface area (Å²) >= 11 is 0. The van der Waals surface area contributed by atoms with Crippen molar-refractivity contribution >= 4 is 23.3 Å². The summed E-state index contributed by atoms with van der Waals surface area (Å²) in [4.78, 5) is 33.5. The molecule has 2 rings (SSSR count). The Morgan fingerprint density at radius 2 is 1.61 bits per heavy atom. The van der Waals surface area contributed by atoms with Crippen LogP contribution in [0.4, 0.5) is 37.7 Å². The number of carbonyl (C=O) groups is 2. The van der Waals surface area contributed by atoms with Gasteiger partial charge >= 0.3 is 18.5 Å². The Morgan fingerprint density at radius 3 is 2.13 bits per heavy atom. The van der Waals surface area contributed by atoms with E-state index in [1.54, 1.807) is 0 Å². The first-order valence-electron chi connectivity index (χ1n) is 7.94. The van der Waals surface area contributed by atoms with E-state index in [1.165, 1.54) is 0 Å². The normalized spacial score (nSPS) is 11.5. The van der Waals surface area contributed by atoms with E-state index in [0.717, 1.165) is 24.3 Å². The van der Waals surface area contributed by atoms with E-state index >= 15 is 0 Å². The molecule has 0 radical (unpaired) electrons. The average molecular weight is 452 g/mol. The Kier molecular flexibility index (Phi) is 6.72. The maximum Gasteiger partial charge on any atom is 0.573 e. The first-order valence-corrected chi connectivity index (χ1v) is 7.94. The Labute approximate surface area is 168 Å². The summed E-state index contributed by atoms with van der Waals surface area (Å²) in [7, 11) is 0. The van der Waals surface area contributed by atoms with E-state index in [4.69, 9.17) is 0 Å². The minimum absolute atomic E-state index is 0.228. The number of benzene rings is 2. The molecule has 0 saturated heterocycles. The van der Waals surface area contributed by atoms with Crippen molar-refractivity contribution in [1.82, 2.24) is 0 Å². The van der Waals surface area contributed by atoms with Crippen LogP contribution in [0.3, 0.4) is 0 Å². The number of alkyl halides is 6. The minimum atomic E-state index is -4.93. The van der Waals surface area contributed by atoms with Gasteiger partial charge in [-0.3, -0.25) is 14.9 Å². The molecule has 1 amide bonds. The van der Waals surface area contributed by atoms with Gasteiger partial charge in [-0.05, 0) is 36.4 Å². The molecule has 0 atom stereocenters. The fourth-order valence-corrected chi connectivity index (χ4v) is 2.16. The summed E-state index contributed by atoms with van der Waals surface area (Å²) in [6.07, 6.45) is -9.77. The molecule has 0 heterocycles. The monoisotopic (exact) mass is 452 g/mol. The molecular weight excluding hydrogens is 442 g/mol. The van der Waals surface area contributed by atoms with Crippen molar-refractivity contribution in [2.45, 2.75) is 12.5 Å². The maximum absolute atomic E-state index is 12.7. The van der Waals surface area contributed by atoms with Gasteiger partial charge < -0.3 is 14.8 Å². The number of hydrogen-bond donors (Lipinski definition) is 1. The van der Waals surface area contributed by atoms with Crippen LogP contribution in [0.5, 0.6) is 5.75 Å². The molecule has 0 aromatic heterocycles. The molecule has 1 N–H and O–H groups in total. The summed E-state index contributed by atoms with van der Waals surface area (Å²) in [5.74, 6) is -2.82. The highest BCUT2D eigenvalue weighted by Gasteiger charge is 2.33. The van der Waals surface area contributed by atoms with Crippen LogP contribution in [0.25, 0.3) is 0 Å². The predicted molar refractivity (Wildman–Crippen MR) is 90.1 cm³/mol. The SMILES string of the molecule is O=C(COC(=O)c1ccc(OC(F)(F)F)cc1)Nc1ccc(C(F)(F)F)cc1[N+](=O)[O-]. The average Bonchev–Trinajstić information content (AvgIpc) is 2.64. The topological polar surface area (TPSA) is 108 Å². The van der Waals surface area contributed by atoms with E-state index in [9.17, 15) is 46.0 Å². The Morgan fingerprint density at radius 1 is 1.00 bits per heavy atom. The third-order valence-electron chi connectivity index (χ3n) is 3.45. The molecule has 0 aliphatic heterocycles. The van der Waals surface area contributed by atoms with Crippen molar-refractivity contribution in [1.29, 1.82) is 0 Å². The largest absolute Gasteiger partial charge is 0.573 e. The van der Waals surface area contributed by atoms with E-state index < -0.39 is 58.6 Å². The molecule has 0 aliphatic rings. The molecule has 0 bridgehead atoms. The number of nitro benzene ring substituents is 1. The van der Waals surface area contributed by atoms with Crippen LogP contribution in [0.2, 0.25) is 0 Å². The second-order valence-electron chi connectivity index (χ2n) is 5.68. The quantitative estimate of drug-likeness (QED) is 0.303. The molecule has 2 aromatic carbocycles. The van der Waals surface area contributed by atoms with E-state index in [0.29, 0.717) is 12.1 Å². The van der Waals surface area contributed by atoms with E-state index in [1.807, 2.05) is 5.32 Å². The molecule has 14 heteroatoms. The minimum Gasteiger partial charge on any atom is -0.452 e. The second-order valence-corrected chi connectivity index (χ2v) is 5.68. The van der Waals surface area contributed by atoms with Crippen molar-refractivity contribution in [2.24, 2.45) is 0 Å². The van der Waals surface area contributed by atoms with Gasteiger partial charge in [0.1, 0.15) is 11.4 Å². The number of rotatable bonds is 6. The van der Waals surface area contributed by atoms with Gasteiger partial charge in [-0.1, -0.05) is 0 Å². The number of nitrogens with one attached hydrogen (secondary N) is 1. The predicted octanol–water partition coefficient (Wildman–Crippen LogP) is 4.31. The van der Waals surface area contributed by atoms with Crippen LogP contribution < -0.4 is 10.1 Å². The summed E-state index contributed by atoms with van der Waals surface area (Å²) in [5, 5.41) is 12.9. The molecule has 2 aromatic rings. The first kappa shape index (κ1) is 23.4. The zero-order chi connectivity index (χ0) is 23.4. The number of hydrogen-bond acceptors (Lipinski definition) is 6. The third kappa shape index (κ3) is 6.87. The highest BCUT2D eigenvalue weighted by molar-refractivity contribution is 5.96. The lowest BCUT2D eigenvalue weighted by molar-refractivity contribution is -0.384. The maximum atomic E-state index is 12.7. The van der Waals surface area contributed by atoms with Crippen LogP contribution in [0, 0.1) is 10.1 Å². The molecular formula is C17H10F6N2O6. The number of ether oxygens (including phenoxy) is 2. The molecule has 0 aliphatic carbocycles. The van der Waals surface area contributed by atoms with Crippen LogP contribution in [0.1, 0.15) is 15.9 Å². The fraction of sp³-hybridized carbons (Fsp3) is 0.176. The van der Waals surface area contributed by atoms with E-state index in [2.05, 4.69) is 9.47 Å². The van der Waals surface area contributed by atoms with Gasteiger partial charge in [0.25, 0.3) is 11.6 Å². The van der Waals surface area contributed by atoms with Gasteiger partial charge in [-0.25, -0.2) is 4.79 Å². The summed E-state index contributed by atoms with van der Waals surface area (Å²) in [6.45, 7) is -0.974. The van der Waals surface area contributed by atoms with Gasteiger partial charge in [0.15, 0.2) is 6.61 Å². The lowest BCUT2D eigenvalue weighted by Gasteiger charge is -2.11. The number of anilines is 1. The summed E-state index contributed by atoms with van der Waals surface area (Å²) < 4.78 is 82.5. The van der Waals surface area contributed by atoms with Crippen LogP contribution in [0.15, 0.2) is 42.5 Å². The third-order valence-corrected chi connectivity index (χ3v) is 3.45. The highest BCUT2D eigenvalue weighted by Crippen LogP contribution is 2.35. The lowest BCUT2D eigenvalue weighted by atomic mass is 10.1. The van der Waals surface area contributed by atoms with Crippen molar-refractivity contribution < 1.29 is 50.3 Å². The first-order chi connectivity index (χ1) is 14.3. The van der Waals surface area contributed by atoms with Crippen molar-refractivity contribution in [3.63, 3.8) is 0 Å². The number of nitrogens with zero attached hydrogens (tertiary/aromatic N) is 1. The van der Waals surface area contributed by atoms with Crippen molar-refractivity contribution in [3.05, 3.63) is 63.7 Å². The van der Waals surface area contributed by atoms with Gasteiger partial charge in [0.05, 0.1) is 16.1 Å². The fourth-order valence-electron chi connectivity index (χ4n) is 2.16. The van der Waals surface area contributed by atoms with Gasteiger partial charge in [0.2, 0.25) is 0 Å². The van der Waals surface area contributed by atoms with Crippen LogP contribution in [-0.2, 0) is 15.7 Å². The number of amides is 1. The molecule has 0 unspecified atom stereocenters. The van der Waals surface area contributed by atoms with Crippen molar-refractivity contribution in [2.75, 3.05) is 11.9 Å². The molecule has 0 spiro atoms. The number of nitro groups is 1. The zero-order valence-corrected chi connectivity index (χ0v) is 14.9. The van der Waals surface area contributed by atoms with E-state index in [-0.39, 0.29) is 11.6 Å². The molecule has 166 valence electrons. The number of halogens is 6.